The SMILES string of the molecule is CNCc1sc(-c2ccc(F)cc2)nc1CC(C)C. The molecular weight excluding hydrogens is 259 g/mol. The molecule has 0 saturated heterocycles. The number of rotatable bonds is 5. The maximum Gasteiger partial charge on any atom is 0.123 e. The summed E-state index contributed by atoms with van der Waals surface area (Å²) in [6, 6.07) is 6.54. The van der Waals surface area contributed by atoms with E-state index in [0.29, 0.717) is 5.92 Å². The van der Waals surface area contributed by atoms with Gasteiger partial charge in [0.05, 0.1) is 5.69 Å². The Balaban J connectivity index is 2.33. The molecule has 1 N–H and O–H groups in total. The lowest BCUT2D eigenvalue weighted by Gasteiger charge is -2.03. The summed E-state index contributed by atoms with van der Waals surface area (Å²) in [4.78, 5) is 6.00. The van der Waals surface area contributed by atoms with Crippen molar-refractivity contribution in [3.8, 4) is 10.6 Å². The van der Waals surface area contributed by atoms with Crippen molar-refractivity contribution in [2.75, 3.05) is 7.05 Å². The van der Waals surface area contributed by atoms with Gasteiger partial charge >= 0.3 is 0 Å². The molecule has 1 heterocycles. The first-order valence-electron chi connectivity index (χ1n) is 6.49. The number of benzene rings is 1. The van der Waals surface area contributed by atoms with Gasteiger partial charge in [-0.05, 0) is 43.7 Å². The van der Waals surface area contributed by atoms with E-state index in [4.69, 9.17) is 4.98 Å². The molecule has 1 aromatic heterocycles. The Morgan fingerprint density at radius 1 is 1.26 bits per heavy atom. The smallest absolute Gasteiger partial charge is 0.123 e. The summed E-state index contributed by atoms with van der Waals surface area (Å²) >= 11 is 1.69. The van der Waals surface area contributed by atoms with Gasteiger partial charge in [0.25, 0.3) is 0 Å². The molecule has 2 aromatic rings. The second kappa shape index (κ2) is 6.26. The van der Waals surface area contributed by atoms with Crippen LogP contribution in [-0.2, 0) is 13.0 Å². The third-order valence-electron chi connectivity index (χ3n) is 2.81. The van der Waals surface area contributed by atoms with Gasteiger partial charge in [0, 0.05) is 17.0 Å². The average molecular weight is 278 g/mol. The molecule has 0 amide bonds. The lowest BCUT2D eigenvalue weighted by atomic mass is 10.1. The quantitative estimate of drug-likeness (QED) is 0.898. The number of hydrogen-bond acceptors (Lipinski definition) is 3. The molecule has 19 heavy (non-hydrogen) atoms. The molecule has 0 unspecified atom stereocenters. The number of aromatic nitrogens is 1. The molecule has 4 heteroatoms. The molecule has 0 spiro atoms. The first-order chi connectivity index (χ1) is 9.10. The molecule has 0 bridgehead atoms. The van der Waals surface area contributed by atoms with Crippen LogP contribution in [0.25, 0.3) is 10.6 Å². The van der Waals surface area contributed by atoms with E-state index in [0.717, 1.165) is 29.2 Å². The molecule has 0 fully saturated rings. The van der Waals surface area contributed by atoms with Crippen molar-refractivity contribution >= 4 is 11.3 Å². The van der Waals surface area contributed by atoms with Crippen molar-refractivity contribution in [1.82, 2.24) is 10.3 Å². The van der Waals surface area contributed by atoms with Gasteiger partial charge in [0.2, 0.25) is 0 Å². The van der Waals surface area contributed by atoms with Crippen molar-refractivity contribution in [1.29, 1.82) is 0 Å². The summed E-state index contributed by atoms with van der Waals surface area (Å²) in [6.45, 7) is 5.22. The van der Waals surface area contributed by atoms with E-state index < -0.39 is 0 Å². The zero-order chi connectivity index (χ0) is 13.8. The highest BCUT2D eigenvalue weighted by Crippen LogP contribution is 2.29. The van der Waals surface area contributed by atoms with Gasteiger partial charge in [-0.25, -0.2) is 9.37 Å². The Labute approximate surface area is 117 Å². The van der Waals surface area contributed by atoms with Crippen LogP contribution < -0.4 is 5.32 Å². The Kier molecular flexibility index (Phi) is 4.66. The summed E-state index contributed by atoms with van der Waals surface area (Å²) in [6.07, 6.45) is 0.981. The third-order valence-corrected chi connectivity index (χ3v) is 3.96. The Morgan fingerprint density at radius 3 is 2.53 bits per heavy atom. The number of nitrogens with zero attached hydrogens (tertiary/aromatic N) is 1. The van der Waals surface area contributed by atoms with E-state index in [-0.39, 0.29) is 5.82 Å². The van der Waals surface area contributed by atoms with Gasteiger partial charge in [0.15, 0.2) is 0 Å². The predicted molar refractivity (Wildman–Crippen MR) is 78.8 cm³/mol. The first-order valence-corrected chi connectivity index (χ1v) is 7.31. The summed E-state index contributed by atoms with van der Waals surface area (Å²) in [5.41, 5.74) is 2.15. The van der Waals surface area contributed by atoms with Crippen molar-refractivity contribution in [2.45, 2.75) is 26.8 Å². The molecule has 102 valence electrons. The summed E-state index contributed by atoms with van der Waals surface area (Å²) in [5, 5.41) is 4.16. The molecule has 0 radical (unpaired) electrons. The van der Waals surface area contributed by atoms with Crippen LogP contribution in [0.15, 0.2) is 24.3 Å². The molecule has 0 saturated carbocycles. The van der Waals surface area contributed by atoms with Crippen molar-refractivity contribution in [3.05, 3.63) is 40.7 Å². The largest absolute Gasteiger partial charge is 0.315 e. The second-order valence-corrected chi connectivity index (χ2v) is 6.11. The molecular formula is C15H19FN2S. The molecule has 1 aromatic carbocycles. The fourth-order valence-corrected chi connectivity index (χ4v) is 3.05. The van der Waals surface area contributed by atoms with Crippen LogP contribution in [0.2, 0.25) is 0 Å². The van der Waals surface area contributed by atoms with E-state index in [1.54, 1.807) is 23.5 Å². The number of hydrogen-bond donors (Lipinski definition) is 1. The van der Waals surface area contributed by atoms with Gasteiger partial charge in [-0.3, -0.25) is 0 Å². The topological polar surface area (TPSA) is 24.9 Å². The highest BCUT2D eigenvalue weighted by molar-refractivity contribution is 7.15. The standard InChI is InChI=1S/C15H19FN2S/c1-10(2)8-13-14(9-17-3)19-15(18-13)11-4-6-12(16)7-5-11/h4-7,10,17H,8-9H2,1-3H3. The predicted octanol–water partition coefficient (Wildman–Crippen LogP) is 3.87. The molecule has 0 aliphatic rings. The van der Waals surface area contributed by atoms with Crippen molar-refractivity contribution in [2.24, 2.45) is 5.92 Å². The van der Waals surface area contributed by atoms with E-state index >= 15 is 0 Å². The van der Waals surface area contributed by atoms with Crippen LogP contribution in [0.1, 0.15) is 24.4 Å². The van der Waals surface area contributed by atoms with E-state index in [9.17, 15) is 4.39 Å². The van der Waals surface area contributed by atoms with Gasteiger partial charge in [-0.2, -0.15) is 0 Å². The fourth-order valence-electron chi connectivity index (χ4n) is 1.94. The van der Waals surface area contributed by atoms with Crippen molar-refractivity contribution in [3.63, 3.8) is 0 Å². The van der Waals surface area contributed by atoms with E-state index in [2.05, 4.69) is 19.2 Å². The molecule has 0 aliphatic carbocycles. The monoisotopic (exact) mass is 278 g/mol. The van der Waals surface area contributed by atoms with Crippen LogP contribution in [0, 0.1) is 11.7 Å². The maximum atomic E-state index is 13.0. The first kappa shape index (κ1) is 14.2. The zero-order valence-corrected chi connectivity index (χ0v) is 12.4. The highest BCUT2D eigenvalue weighted by atomic mass is 32.1. The van der Waals surface area contributed by atoms with E-state index in [1.165, 1.54) is 17.0 Å². The Bertz CT molecular complexity index is 532. The minimum absolute atomic E-state index is 0.210. The van der Waals surface area contributed by atoms with Gasteiger partial charge in [-0.15, -0.1) is 11.3 Å². The molecule has 0 aliphatic heterocycles. The fraction of sp³-hybridized carbons (Fsp3) is 0.400. The Morgan fingerprint density at radius 2 is 1.95 bits per heavy atom. The third kappa shape index (κ3) is 3.61. The van der Waals surface area contributed by atoms with Crippen molar-refractivity contribution < 1.29 is 4.39 Å². The summed E-state index contributed by atoms with van der Waals surface area (Å²) < 4.78 is 13.0. The maximum absolute atomic E-state index is 13.0. The second-order valence-electron chi connectivity index (χ2n) is 5.02. The summed E-state index contributed by atoms with van der Waals surface area (Å²) in [5.74, 6) is 0.372. The normalized spacial score (nSPS) is 11.2. The van der Waals surface area contributed by atoms with Gasteiger partial charge < -0.3 is 5.32 Å². The number of halogens is 1. The minimum Gasteiger partial charge on any atom is -0.315 e. The Hall–Kier alpha value is -1.26. The van der Waals surface area contributed by atoms with Crippen LogP contribution in [0.4, 0.5) is 4.39 Å². The number of nitrogens with one attached hydrogen (secondary N) is 1. The van der Waals surface area contributed by atoms with Gasteiger partial charge in [0.1, 0.15) is 10.8 Å². The lowest BCUT2D eigenvalue weighted by Crippen LogP contribution is -2.07. The minimum atomic E-state index is -0.210. The van der Waals surface area contributed by atoms with Crippen LogP contribution in [0.5, 0.6) is 0 Å². The molecule has 2 nitrogen and oxygen atoms in total. The molecule has 0 atom stereocenters. The number of thiazole rings is 1. The molecule has 2 rings (SSSR count). The van der Waals surface area contributed by atoms with Crippen LogP contribution in [0.3, 0.4) is 0 Å². The lowest BCUT2D eigenvalue weighted by molar-refractivity contribution is 0.628. The van der Waals surface area contributed by atoms with Crippen LogP contribution in [-0.4, -0.2) is 12.0 Å². The average Bonchev–Trinajstić information content (AvgIpc) is 2.73. The van der Waals surface area contributed by atoms with Gasteiger partial charge in [-0.1, -0.05) is 13.8 Å². The summed E-state index contributed by atoms with van der Waals surface area (Å²) in [7, 11) is 1.94. The highest BCUT2D eigenvalue weighted by Gasteiger charge is 2.13. The van der Waals surface area contributed by atoms with E-state index in [1.807, 2.05) is 7.05 Å². The van der Waals surface area contributed by atoms with Crippen LogP contribution >= 0.6 is 11.3 Å². The zero-order valence-electron chi connectivity index (χ0n) is 11.5.